The van der Waals surface area contributed by atoms with E-state index < -0.39 is 0 Å². The monoisotopic (exact) mass is 418 g/mol. The number of aromatic nitrogens is 3. The highest BCUT2D eigenvalue weighted by Gasteiger charge is 2.14. The molecule has 0 aliphatic carbocycles. The molecule has 1 aromatic heterocycles. The number of anilines is 1. The lowest BCUT2D eigenvalue weighted by Crippen LogP contribution is -2.11. The van der Waals surface area contributed by atoms with Gasteiger partial charge in [0.15, 0.2) is 11.0 Å². The van der Waals surface area contributed by atoms with E-state index in [1.54, 1.807) is 34.9 Å². The number of carbonyl (C=O) groups excluding carboxylic acids is 1. The number of carbonyl (C=O) groups is 1. The number of nitrogens with one attached hydrogen (secondary N) is 1. The lowest BCUT2D eigenvalue weighted by molar-refractivity contribution is 0.102. The summed E-state index contributed by atoms with van der Waals surface area (Å²) in [6.45, 7) is 0. The Morgan fingerprint density at radius 2 is 1.67 bits per heavy atom. The predicted molar refractivity (Wildman–Crippen MR) is 117 cm³/mol. The summed E-state index contributed by atoms with van der Waals surface area (Å²) in [5.41, 5.74) is 2.82. The summed E-state index contributed by atoms with van der Waals surface area (Å²) < 4.78 is 15.8. The van der Waals surface area contributed by atoms with Gasteiger partial charge in [-0.25, -0.2) is 4.39 Å². The van der Waals surface area contributed by atoms with E-state index in [-0.39, 0.29) is 11.7 Å². The first-order chi connectivity index (χ1) is 14.6. The molecule has 3 aromatic carbocycles. The minimum absolute atomic E-state index is 0.150. The van der Waals surface area contributed by atoms with Gasteiger partial charge in [0.05, 0.1) is 5.56 Å². The van der Waals surface area contributed by atoms with Crippen molar-refractivity contribution in [1.29, 1.82) is 0 Å². The first-order valence-corrected chi connectivity index (χ1v) is 10.3. The van der Waals surface area contributed by atoms with Crippen molar-refractivity contribution in [3.63, 3.8) is 0 Å². The third kappa shape index (κ3) is 4.41. The van der Waals surface area contributed by atoms with Crippen LogP contribution in [-0.4, -0.2) is 20.7 Å². The van der Waals surface area contributed by atoms with E-state index in [9.17, 15) is 9.18 Å². The van der Waals surface area contributed by atoms with Crippen LogP contribution in [0, 0.1) is 5.82 Å². The molecule has 150 valence electrons. The molecule has 0 saturated heterocycles. The first kappa shape index (κ1) is 19.8. The normalized spacial score (nSPS) is 10.7. The number of hydrogen-bond donors (Lipinski definition) is 1. The van der Waals surface area contributed by atoms with Crippen LogP contribution in [-0.2, 0) is 12.8 Å². The molecule has 0 fully saturated rings. The molecule has 0 aliphatic heterocycles. The Labute approximate surface area is 178 Å². The zero-order chi connectivity index (χ0) is 20.9. The average Bonchev–Trinajstić information content (AvgIpc) is 3.14. The second-order valence-electron chi connectivity index (χ2n) is 6.65. The number of halogens is 1. The van der Waals surface area contributed by atoms with E-state index in [1.807, 2.05) is 49.5 Å². The van der Waals surface area contributed by atoms with Crippen LogP contribution >= 0.6 is 11.8 Å². The summed E-state index contributed by atoms with van der Waals surface area (Å²) in [6.07, 6.45) is 0. The number of para-hydroxylation sites is 1. The fourth-order valence-electron chi connectivity index (χ4n) is 2.94. The molecular formula is C23H19FN4OS. The predicted octanol–water partition coefficient (Wildman–Crippen LogP) is 5.17. The van der Waals surface area contributed by atoms with Gasteiger partial charge in [0.25, 0.3) is 5.91 Å². The van der Waals surface area contributed by atoms with Gasteiger partial charge < -0.3 is 9.88 Å². The zero-order valence-corrected chi connectivity index (χ0v) is 17.1. The molecule has 4 aromatic rings. The summed E-state index contributed by atoms with van der Waals surface area (Å²) in [5.74, 6) is 0.671. The number of nitrogens with zero attached hydrogens (tertiary/aromatic N) is 3. The highest BCUT2D eigenvalue weighted by atomic mass is 32.2. The third-order valence-corrected chi connectivity index (χ3v) is 5.66. The van der Waals surface area contributed by atoms with Crippen LogP contribution in [0.15, 0.2) is 84.0 Å². The molecule has 0 bridgehead atoms. The van der Waals surface area contributed by atoms with Gasteiger partial charge in [0, 0.05) is 24.1 Å². The fourth-order valence-corrected chi connectivity index (χ4v) is 3.81. The Kier molecular flexibility index (Phi) is 5.90. The molecule has 0 radical (unpaired) electrons. The largest absolute Gasteiger partial charge is 0.322 e. The summed E-state index contributed by atoms with van der Waals surface area (Å²) in [4.78, 5) is 12.3. The highest BCUT2D eigenvalue weighted by molar-refractivity contribution is 7.98. The zero-order valence-electron chi connectivity index (χ0n) is 16.2. The van der Waals surface area contributed by atoms with Crippen molar-refractivity contribution < 1.29 is 9.18 Å². The van der Waals surface area contributed by atoms with Crippen molar-refractivity contribution in [2.75, 3.05) is 5.32 Å². The molecule has 0 spiro atoms. The van der Waals surface area contributed by atoms with Gasteiger partial charge in [-0.3, -0.25) is 4.79 Å². The minimum Gasteiger partial charge on any atom is -0.322 e. The van der Waals surface area contributed by atoms with Gasteiger partial charge >= 0.3 is 0 Å². The summed E-state index contributed by atoms with van der Waals surface area (Å²) in [6, 6.07) is 23.3. The van der Waals surface area contributed by atoms with Crippen LogP contribution < -0.4 is 5.32 Å². The third-order valence-electron chi connectivity index (χ3n) is 4.57. The van der Waals surface area contributed by atoms with Crippen LogP contribution in [0.2, 0.25) is 0 Å². The van der Waals surface area contributed by atoms with E-state index in [0.717, 1.165) is 11.3 Å². The van der Waals surface area contributed by atoms with E-state index in [4.69, 9.17) is 0 Å². The van der Waals surface area contributed by atoms with Crippen LogP contribution in [0.3, 0.4) is 0 Å². The molecule has 0 unspecified atom stereocenters. The topological polar surface area (TPSA) is 59.8 Å². The smallest absolute Gasteiger partial charge is 0.255 e. The van der Waals surface area contributed by atoms with E-state index in [1.165, 1.54) is 17.8 Å². The molecule has 0 atom stereocenters. The van der Waals surface area contributed by atoms with Gasteiger partial charge in [-0.15, -0.1) is 10.2 Å². The second-order valence-corrected chi connectivity index (χ2v) is 7.59. The lowest BCUT2D eigenvalue weighted by Gasteiger charge is -2.07. The molecule has 0 aliphatic rings. The van der Waals surface area contributed by atoms with Crippen molar-refractivity contribution in [1.82, 2.24) is 14.8 Å². The van der Waals surface area contributed by atoms with Gasteiger partial charge in [-0.05, 0) is 42.0 Å². The van der Waals surface area contributed by atoms with Crippen LogP contribution in [0.25, 0.3) is 11.4 Å². The van der Waals surface area contributed by atoms with Crippen molar-refractivity contribution in [2.45, 2.75) is 10.9 Å². The van der Waals surface area contributed by atoms with Gasteiger partial charge in [0.2, 0.25) is 0 Å². The maximum absolute atomic E-state index is 14.0. The lowest BCUT2D eigenvalue weighted by atomic mass is 10.1. The van der Waals surface area contributed by atoms with Crippen LogP contribution in [0.5, 0.6) is 0 Å². The Morgan fingerprint density at radius 3 is 2.40 bits per heavy atom. The Hall–Kier alpha value is -3.45. The van der Waals surface area contributed by atoms with Crippen molar-refractivity contribution >= 4 is 23.4 Å². The van der Waals surface area contributed by atoms with Gasteiger partial charge in [0.1, 0.15) is 5.82 Å². The fraction of sp³-hybridized carbons (Fsp3) is 0.0870. The number of hydrogen-bond acceptors (Lipinski definition) is 4. The summed E-state index contributed by atoms with van der Waals surface area (Å²) in [7, 11) is 1.82. The molecule has 30 heavy (non-hydrogen) atoms. The Bertz CT molecular complexity index is 1160. The maximum atomic E-state index is 14.0. The van der Waals surface area contributed by atoms with Gasteiger partial charge in [-0.2, -0.15) is 0 Å². The van der Waals surface area contributed by atoms with Crippen LogP contribution in [0.1, 0.15) is 15.9 Å². The molecule has 7 heteroatoms. The summed E-state index contributed by atoms with van der Waals surface area (Å²) >= 11 is 1.50. The maximum Gasteiger partial charge on any atom is 0.255 e. The highest BCUT2D eigenvalue weighted by Crippen LogP contribution is 2.26. The molecule has 5 nitrogen and oxygen atoms in total. The second kappa shape index (κ2) is 8.92. The summed E-state index contributed by atoms with van der Waals surface area (Å²) in [5, 5.41) is 11.9. The van der Waals surface area contributed by atoms with Crippen molar-refractivity contribution in [3.8, 4) is 11.4 Å². The number of benzene rings is 3. The van der Waals surface area contributed by atoms with E-state index >= 15 is 0 Å². The molecule has 1 heterocycles. The molecule has 4 rings (SSSR count). The van der Waals surface area contributed by atoms with E-state index in [2.05, 4.69) is 15.5 Å². The SMILES string of the molecule is Cn1c(SCc2ccc(C(=O)Nc3ccccc3)cc2)nnc1-c1ccccc1F. The number of rotatable bonds is 6. The number of amides is 1. The molecule has 1 amide bonds. The molecule has 0 saturated carbocycles. The Morgan fingerprint density at radius 1 is 0.967 bits per heavy atom. The van der Waals surface area contributed by atoms with Gasteiger partial charge in [-0.1, -0.05) is 54.2 Å². The standard InChI is InChI=1S/C23H19FN4OS/c1-28-21(19-9-5-6-10-20(19)24)26-27-23(28)30-15-16-11-13-17(14-12-16)22(29)25-18-7-3-2-4-8-18/h2-14H,15H2,1H3,(H,25,29). The number of thioether (sulfide) groups is 1. The van der Waals surface area contributed by atoms with Crippen molar-refractivity contribution in [2.24, 2.45) is 7.05 Å². The molecular weight excluding hydrogens is 399 g/mol. The Balaban J connectivity index is 1.40. The quantitative estimate of drug-likeness (QED) is 0.439. The molecule has 1 N–H and O–H groups in total. The van der Waals surface area contributed by atoms with Crippen LogP contribution in [0.4, 0.5) is 10.1 Å². The average molecular weight is 418 g/mol. The first-order valence-electron chi connectivity index (χ1n) is 9.34. The van der Waals surface area contributed by atoms with Crippen molar-refractivity contribution in [3.05, 3.63) is 95.8 Å². The minimum atomic E-state index is -0.325. The van der Waals surface area contributed by atoms with E-state index in [0.29, 0.717) is 27.9 Å².